The van der Waals surface area contributed by atoms with Crippen molar-refractivity contribution in [2.75, 3.05) is 5.32 Å². The molecule has 2 aromatic heterocycles. The fraction of sp³-hybridized carbons (Fsp3) is 0.500. The van der Waals surface area contributed by atoms with Gasteiger partial charge in [0.15, 0.2) is 10.8 Å². The Kier molecular flexibility index (Phi) is 3.49. The van der Waals surface area contributed by atoms with Gasteiger partial charge in [-0.25, -0.2) is 9.50 Å². The molecule has 6 heteroatoms. The molecule has 5 nitrogen and oxygen atoms in total. The predicted molar refractivity (Wildman–Crippen MR) is 77.8 cm³/mol. The molecular formula is C14H16ClN5. The van der Waals surface area contributed by atoms with Gasteiger partial charge in [0.2, 0.25) is 0 Å². The summed E-state index contributed by atoms with van der Waals surface area (Å²) >= 11 is 6.10. The highest BCUT2D eigenvalue weighted by molar-refractivity contribution is 6.31. The molecule has 1 N–H and O–H groups in total. The number of nitrogens with zero attached hydrogens (tertiary/aromatic N) is 4. The summed E-state index contributed by atoms with van der Waals surface area (Å²) in [4.78, 5) is 4.29. The minimum absolute atomic E-state index is 0.212. The van der Waals surface area contributed by atoms with Gasteiger partial charge in [0.25, 0.3) is 0 Å². The lowest BCUT2D eigenvalue weighted by molar-refractivity contribution is 0.349. The van der Waals surface area contributed by atoms with Gasteiger partial charge < -0.3 is 5.32 Å². The molecule has 3 rings (SSSR count). The molecular weight excluding hydrogens is 274 g/mol. The fourth-order valence-electron chi connectivity index (χ4n) is 2.87. The first kappa shape index (κ1) is 13.2. The van der Waals surface area contributed by atoms with Gasteiger partial charge in [-0.05, 0) is 18.8 Å². The number of fused-ring (bicyclic) bond motifs is 1. The SMILES string of the molecule is CC1CCCCC1Nc1c(C#N)c(Cl)nn2ccnc12. The topological polar surface area (TPSA) is 66.0 Å². The van der Waals surface area contributed by atoms with E-state index in [2.05, 4.69) is 28.4 Å². The van der Waals surface area contributed by atoms with Crippen molar-refractivity contribution in [1.82, 2.24) is 14.6 Å². The quantitative estimate of drug-likeness (QED) is 0.921. The molecule has 0 aromatic carbocycles. The molecule has 20 heavy (non-hydrogen) atoms. The predicted octanol–water partition coefficient (Wildman–Crippen LogP) is 3.24. The Hall–Kier alpha value is -1.80. The van der Waals surface area contributed by atoms with Gasteiger partial charge in [-0.3, -0.25) is 0 Å². The zero-order chi connectivity index (χ0) is 14.1. The molecule has 0 amide bonds. The smallest absolute Gasteiger partial charge is 0.178 e. The second-order valence-corrected chi connectivity index (χ2v) is 5.72. The lowest BCUT2D eigenvalue weighted by Gasteiger charge is -2.30. The minimum atomic E-state index is 0.212. The van der Waals surface area contributed by atoms with Crippen LogP contribution in [0.2, 0.25) is 5.15 Å². The maximum absolute atomic E-state index is 9.34. The number of hydrogen-bond donors (Lipinski definition) is 1. The van der Waals surface area contributed by atoms with Crippen LogP contribution >= 0.6 is 11.6 Å². The summed E-state index contributed by atoms with van der Waals surface area (Å²) in [7, 11) is 0. The minimum Gasteiger partial charge on any atom is -0.378 e. The number of halogens is 1. The summed E-state index contributed by atoms with van der Waals surface area (Å²) < 4.78 is 1.61. The average molecular weight is 290 g/mol. The summed E-state index contributed by atoms with van der Waals surface area (Å²) in [5, 5.41) is 17.2. The normalized spacial score (nSPS) is 22.6. The molecule has 0 spiro atoms. The maximum atomic E-state index is 9.34. The van der Waals surface area contributed by atoms with Gasteiger partial charge in [-0.1, -0.05) is 31.4 Å². The van der Waals surface area contributed by atoms with Crippen LogP contribution in [0.1, 0.15) is 38.2 Å². The van der Waals surface area contributed by atoms with Gasteiger partial charge in [0, 0.05) is 18.4 Å². The van der Waals surface area contributed by atoms with Crippen molar-refractivity contribution in [3.8, 4) is 6.07 Å². The van der Waals surface area contributed by atoms with E-state index in [-0.39, 0.29) is 5.15 Å². The number of nitriles is 1. The Morgan fingerprint density at radius 1 is 1.45 bits per heavy atom. The molecule has 0 aliphatic heterocycles. The highest BCUT2D eigenvalue weighted by Gasteiger charge is 2.24. The number of hydrogen-bond acceptors (Lipinski definition) is 4. The van der Waals surface area contributed by atoms with E-state index in [0.717, 1.165) is 6.42 Å². The summed E-state index contributed by atoms with van der Waals surface area (Å²) in [5.41, 5.74) is 1.74. The van der Waals surface area contributed by atoms with Crippen molar-refractivity contribution in [1.29, 1.82) is 5.26 Å². The lowest BCUT2D eigenvalue weighted by atomic mass is 9.86. The molecule has 2 atom stereocenters. The van der Waals surface area contributed by atoms with Gasteiger partial charge >= 0.3 is 0 Å². The van der Waals surface area contributed by atoms with E-state index >= 15 is 0 Å². The first-order valence-electron chi connectivity index (χ1n) is 6.90. The van der Waals surface area contributed by atoms with E-state index in [0.29, 0.717) is 28.9 Å². The van der Waals surface area contributed by atoms with Crippen molar-refractivity contribution >= 4 is 22.9 Å². The maximum Gasteiger partial charge on any atom is 0.178 e. The highest BCUT2D eigenvalue weighted by atomic mass is 35.5. The van der Waals surface area contributed by atoms with Gasteiger partial charge in [0.05, 0.1) is 0 Å². The molecule has 1 saturated carbocycles. The van der Waals surface area contributed by atoms with Crippen LogP contribution in [0.5, 0.6) is 0 Å². The number of aromatic nitrogens is 3. The van der Waals surface area contributed by atoms with Gasteiger partial charge in [-0.2, -0.15) is 10.4 Å². The van der Waals surface area contributed by atoms with Crippen LogP contribution in [0, 0.1) is 17.2 Å². The molecule has 1 aliphatic carbocycles. The van der Waals surface area contributed by atoms with E-state index < -0.39 is 0 Å². The number of imidazole rings is 1. The number of nitrogens with one attached hydrogen (secondary N) is 1. The van der Waals surface area contributed by atoms with Crippen LogP contribution in [0.25, 0.3) is 5.65 Å². The van der Waals surface area contributed by atoms with E-state index in [1.807, 2.05) is 0 Å². The standard InChI is InChI=1S/C14H16ClN5/c1-9-4-2-3-5-11(9)18-12-10(8-16)13(15)19-20-7-6-17-14(12)20/h6-7,9,11,18H,2-5H2,1H3. The summed E-state index contributed by atoms with van der Waals surface area (Å²) in [5.74, 6) is 0.581. The first-order valence-corrected chi connectivity index (χ1v) is 7.28. The van der Waals surface area contributed by atoms with Crippen molar-refractivity contribution in [3.63, 3.8) is 0 Å². The molecule has 2 aromatic rings. The first-order chi connectivity index (χ1) is 9.70. The second kappa shape index (κ2) is 5.29. The largest absolute Gasteiger partial charge is 0.378 e. The van der Waals surface area contributed by atoms with Crippen molar-refractivity contribution in [2.24, 2.45) is 5.92 Å². The fourth-order valence-corrected chi connectivity index (χ4v) is 3.09. The van der Waals surface area contributed by atoms with Crippen molar-refractivity contribution in [3.05, 3.63) is 23.1 Å². The molecule has 2 heterocycles. The number of rotatable bonds is 2. The zero-order valence-electron chi connectivity index (χ0n) is 11.3. The monoisotopic (exact) mass is 289 g/mol. The lowest BCUT2D eigenvalue weighted by Crippen LogP contribution is -2.31. The summed E-state index contributed by atoms with van der Waals surface area (Å²) in [6.45, 7) is 2.24. The summed E-state index contributed by atoms with van der Waals surface area (Å²) in [6.07, 6.45) is 8.21. The van der Waals surface area contributed by atoms with Gasteiger partial charge in [-0.15, -0.1) is 0 Å². The zero-order valence-corrected chi connectivity index (χ0v) is 12.1. The van der Waals surface area contributed by atoms with Crippen LogP contribution in [-0.2, 0) is 0 Å². The van der Waals surface area contributed by atoms with E-state index in [1.165, 1.54) is 19.3 Å². The Morgan fingerprint density at radius 3 is 3.00 bits per heavy atom. The molecule has 1 fully saturated rings. The van der Waals surface area contributed by atoms with E-state index in [1.54, 1.807) is 16.9 Å². The Balaban J connectivity index is 2.05. The third-order valence-corrected chi connectivity index (χ3v) is 4.31. The summed E-state index contributed by atoms with van der Waals surface area (Å²) in [6, 6.07) is 2.50. The Morgan fingerprint density at radius 2 is 2.25 bits per heavy atom. The van der Waals surface area contributed by atoms with Crippen LogP contribution in [-0.4, -0.2) is 20.6 Å². The van der Waals surface area contributed by atoms with Crippen molar-refractivity contribution < 1.29 is 0 Å². The third kappa shape index (κ3) is 2.20. The Bertz CT molecular complexity index is 672. The molecule has 0 radical (unpaired) electrons. The average Bonchev–Trinajstić information content (AvgIpc) is 2.89. The van der Waals surface area contributed by atoms with Crippen LogP contribution < -0.4 is 5.32 Å². The molecule has 104 valence electrons. The van der Waals surface area contributed by atoms with E-state index in [4.69, 9.17) is 11.6 Å². The van der Waals surface area contributed by atoms with Crippen molar-refractivity contribution in [2.45, 2.75) is 38.6 Å². The van der Waals surface area contributed by atoms with Gasteiger partial charge in [0.1, 0.15) is 17.3 Å². The molecule has 2 unspecified atom stereocenters. The molecule has 1 aliphatic rings. The molecule has 0 saturated heterocycles. The van der Waals surface area contributed by atoms with Crippen LogP contribution in [0.15, 0.2) is 12.4 Å². The second-order valence-electron chi connectivity index (χ2n) is 5.36. The Labute approximate surface area is 122 Å². The van der Waals surface area contributed by atoms with Crippen LogP contribution in [0.4, 0.5) is 5.69 Å². The van der Waals surface area contributed by atoms with Crippen LogP contribution in [0.3, 0.4) is 0 Å². The molecule has 0 bridgehead atoms. The number of anilines is 1. The third-order valence-electron chi connectivity index (χ3n) is 4.05. The van der Waals surface area contributed by atoms with E-state index in [9.17, 15) is 5.26 Å². The highest BCUT2D eigenvalue weighted by Crippen LogP contribution is 2.31.